The molecule has 5 nitrogen and oxygen atoms in total. The smallest absolute Gasteiger partial charge is 0.264 e. The van der Waals surface area contributed by atoms with E-state index in [-0.39, 0.29) is 5.91 Å². The quantitative estimate of drug-likeness (QED) is 0.917. The fraction of sp³-hybridized carbons (Fsp3) is 0.438. The van der Waals surface area contributed by atoms with Gasteiger partial charge in [-0.25, -0.2) is 0 Å². The molecule has 2 aromatic rings. The number of aromatic nitrogens is 2. The van der Waals surface area contributed by atoms with Gasteiger partial charge in [-0.05, 0) is 42.9 Å². The minimum absolute atomic E-state index is 0.0636. The van der Waals surface area contributed by atoms with Gasteiger partial charge in [-0.1, -0.05) is 34.8 Å². The van der Waals surface area contributed by atoms with E-state index in [1.165, 1.54) is 12.0 Å². The Labute approximate surface area is 134 Å². The normalized spacial score (nSPS) is 18.5. The van der Waals surface area contributed by atoms with E-state index in [4.69, 9.17) is 0 Å². The van der Waals surface area contributed by atoms with E-state index in [2.05, 4.69) is 50.1 Å². The molecule has 1 N–H and O–H groups in total. The van der Waals surface area contributed by atoms with Gasteiger partial charge in [0.1, 0.15) is 4.88 Å². The molecule has 0 bridgehead atoms. The summed E-state index contributed by atoms with van der Waals surface area (Å²) in [4.78, 5) is 15.0. The second kappa shape index (κ2) is 6.98. The zero-order chi connectivity index (χ0) is 15.4. The fourth-order valence-corrected chi connectivity index (χ4v) is 3.45. The molecule has 0 unspecified atom stereocenters. The van der Waals surface area contributed by atoms with Crippen molar-refractivity contribution in [3.05, 3.63) is 46.5 Å². The maximum Gasteiger partial charge on any atom is 0.264 e. The minimum Gasteiger partial charge on any atom is -0.350 e. The highest BCUT2D eigenvalue weighted by Crippen LogP contribution is 2.26. The number of rotatable bonds is 5. The Hall–Kier alpha value is -1.79. The van der Waals surface area contributed by atoms with Crippen LogP contribution in [0.25, 0.3) is 0 Å². The van der Waals surface area contributed by atoms with Gasteiger partial charge in [0.2, 0.25) is 0 Å². The summed E-state index contributed by atoms with van der Waals surface area (Å²) in [7, 11) is 0. The molecule has 6 heteroatoms. The third kappa shape index (κ3) is 3.51. The highest BCUT2D eigenvalue weighted by molar-refractivity contribution is 7.07. The number of hydrogen-bond donors (Lipinski definition) is 1. The first kappa shape index (κ1) is 15.1. The van der Waals surface area contributed by atoms with Crippen LogP contribution in [0.1, 0.15) is 33.3 Å². The summed E-state index contributed by atoms with van der Waals surface area (Å²) in [6.07, 6.45) is 1.19. The lowest BCUT2D eigenvalue weighted by molar-refractivity contribution is 0.0953. The lowest BCUT2D eigenvalue weighted by Crippen LogP contribution is -2.33. The first-order valence-electron chi connectivity index (χ1n) is 7.58. The van der Waals surface area contributed by atoms with Crippen molar-refractivity contribution in [2.75, 3.05) is 26.2 Å². The third-order valence-electron chi connectivity index (χ3n) is 4.11. The van der Waals surface area contributed by atoms with Gasteiger partial charge >= 0.3 is 0 Å². The molecule has 1 atom stereocenters. The van der Waals surface area contributed by atoms with Crippen molar-refractivity contribution < 1.29 is 4.79 Å². The summed E-state index contributed by atoms with van der Waals surface area (Å²) < 4.78 is 3.79. The molecule has 1 amide bonds. The van der Waals surface area contributed by atoms with Crippen molar-refractivity contribution in [2.24, 2.45) is 0 Å². The fourth-order valence-electron chi connectivity index (χ4n) is 2.88. The molecule has 1 fully saturated rings. The number of amides is 1. The van der Waals surface area contributed by atoms with Crippen molar-refractivity contribution >= 4 is 17.4 Å². The molecule has 0 saturated carbocycles. The number of benzene rings is 1. The van der Waals surface area contributed by atoms with E-state index < -0.39 is 0 Å². The Kier molecular flexibility index (Phi) is 4.80. The van der Waals surface area contributed by atoms with Crippen molar-refractivity contribution in [1.82, 2.24) is 19.8 Å². The Balaban J connectivity index is 1.44. The van der Waals surface area contributed by atoms with Gasteiger partial charge in [0.05, 0.1) is 5.69 Å². The standard InChI is InChI=1S/C16H20N4OS/c1-12-15(22-19-18-12)16(21)17-8-10-20-9-7-14(11-20)13-5-3-2-4-6-13/h2-6,14H,7-11H2,1H3,(H,17,21)/t14-/m0/s1. The molecular formula is C16H20N4OS. The molecule has 0 aliphatic carbocycles. The number of likely N-dealkylation sites (tertiary alicyclic amines) is 1. The summed E-state index contributed by atoms with van der Waals surface area (Å²) in [6, 6.07) is 10.7. The second-order valence-electron chi connectivity index (χ2n) is 5.64. The molecule has 1 aliphatic rings. The largest absolute Gasteiger partial charge is 0.350 e. The lowest BCUT2D eigenvalue weighted by atomic mass is 9.99. The Bertz CT molecular complexity index is 628. The van der Waals surface area contributed by atoms with Crippen molar-refractivity contribution in [2.45, 2.75) is 19.3 Å². The van der Waals surface area contributed by atoms with Gasteiger partial charge in [-0.3, -0.25) is 4.79 Å². The number of nitrogens with one attached hydrogen (secondary N) is 1. The molecule has 0 radical (unpaired) electrons. The van der Waals surface area contributed by atoms with Gasteiger partial charge < -0.3 is 10.2 Å². The summed E-state index contributed by atoms with van der Waals surface area (Å²) in [5.74, 6) is 0.552. The van der Waals surface area contributed by atoms with Gasteiger partial charge in [-0.15, -0.1) is 5.10 Å². The van der Waals surface area contributed by atoms with E-state index >= 15 is 0 Å². The molecular weight excluding hydrogens is 296 g/mol. The van der Waals surface area contributed by atoms with Crippen LogP contribution in [0.15, 0.2) is 30.3 Å². The van der Waals surface area contributed by atoms with Crippen LogP contribution in [0.4, 0.5) is 0 Å². The SMILES string of the molecule is Cc1nnsc1C(=O)NCCN1CC[C@H](c2ccccc2)C1. The van der Waals surface area contributed by atoms with Crippen molar-refractivity contribution in [1.29, 1.82) is 0 Å². The molecule has 3 rings (SSSR count). The van der Waals surface area contributed by atoms with Gasteiger partial charge in [0, 0.05) is 19.6 Å². The van der Waals surface area contributed by atoms with Crippen LogP contribution < -0.4 is 5.32 Å². The van der Waals surface area contributed by atoms with E-state index in [1.807, 2.05) is 6.92 Å². The number of nitrogens with zero attached hydrogens (tertiary/aromatic N) is 3. The highest BCUT2D eigenvalue weighted by Gasteiger charge is 2.23. The predicted molar refractivity (Wildman–Crippen MR) is 87.2 cm³/mol. The molecule has 0 spiro atoms. The summed E-state index contributed by atoms with van der Waals surface area (Å²) in [5, 5.41) is 6.82. The topological polar surface area (TPSA) is 58.1 Å². The van der Waals surface area contributed by atoms with Crippen LogP contribution in [-0.2, 0) is 0 Å². The van der Waals surface area contributed by atoms with Gasteiger partial charge in [-0.2, -0.15) is 0 Å². The van der Waals surface area contributed by atoms with E-state index in [0.717, 1.165) is 31.2 Å². The first-order valence-corrected chi connectivity index (χ1v) is 8.36. The zero-order valence-electron chi connectivity index (χ0n) is 12.7. The summed E-state index contributed by atoms with van der Waals surface area (Å²) >= 11 is 1.15. The van der Waals surface area contributed by atoms with Gasteiger partial charge in [0.15, 0.2) is 0 Å². The van der Waals surface area contributed by atoms with Crippen LogP contribution >= 0.6 is 11.5 Å². The van der Waals surface area contributed by atoms with Crippen LogP contribution in [0.2, 0.25) is 0 Å². The van der Waals surface area contributed by atoms with Crippen LogP contribution in [0.5, 0.6) is 0 Å². The monoisotopic (exact) mass is 316 g/mol. The third-order valence-corrected chi connectivity index (χ3v) is 4.94. The zero-order valence-corrected chi connectivity index (χ0v) is 13.5. The Morgan fingerprint density at radius 3 is 2.95 bits per heavy atom. The maximum atomic E-state index is 12.0. The number of aryl methyl sites for hydroxylation is 1. The average molecular weight is 316 g/mol. The second-order valence-corrected chi connectivity index (χ2v) is 6.39. The minimum atomic E-state index is -0.0636. The molecule has 1 aliphatic heterocycles. The van der Waals surface area contributed by atoms with Gasteiger partial charge in [0.25, 0.3) is 5.91 Å². The predicted octanol–water partition coefficient (Wildman–Crippen LogP) is 2.07. The number of carbonyl (C=O) groups is 1. The van der Waals surface area contributed by atoms with E-state index in [1.54, 1.807) is 0 Å². The number of hydrogen-bond acceptors (Lipinski definition) is 5. The Morgan fingerprint density at radius 1 is 1.41 bits per heavy atom. The average Bonchev–Trinajstić information content (AvgIpc) is 3.17. The highest BCUT2D eigenvalue weighted by atomic mass is 32.1. The lowest BCUT2D eigenvalue weighted by Gasteiger charge is -2.16. The molecule has 22 heavy (non-hydrogen) atoms. The first-order chi connectivity index (χ1) is 10.7. The molecule has 1 saturated heterocycles. The Morgan fingerprint density at radius 2 is 2.23 bits per heavy atom. The van der Waals surface area contributed by atoms with Crippen LogP contribution in [0.3, 0.4) is 0 Å². The van der Waals surface area contributed by atoms with Crippen LogP contribution in [0, 0.1) is 6.92 Å². The van der Waals surface area contributed by atoms with E-state index in [9.17, 15) is 4.79 Å². The van der Waals surface area contributed by atoms with E-state index in [0.29, 0.717) is 23.0 Å². The van der Waals surface area contributed by atoms with Crippen molar-refractivity contribution in [3.8, 4) is 0 Å². The number of carbonyl (C=O) groups excluding carboxylic acids is 1. The summed E-state index contributed by atoms with van der Waals surface area (Å²) in [5.41, 5.74) is 2.12. The summed E-state index contributed by atoms with van der Waals surface area (Å²) in [6.45, 7) is 5.53. The molecule has 1 aromatic carbocycles. The molecule has 116 valence electrons. The molecule has 1 aromatic heterocycles. The molecule has 2 heterocycles. The maximum absolute atomic E-state index is 12.0. The van der Waals surface area contributed by atoms with Crippen LogP contribution in [-0.4, -0.2) is 46.6 Å². The van der Waals surface area contributed by atoms with Crippen molar-refractivity contribution in [3.63, 3.8) is 0 Å².